The number of amides is 1. The highest BCUT2D eigenvalue weighted by atomic mass is 16.5. The lowest BCUT2D eigenvalue weighted by Gasteiger charge is -2.38. The van der Waals surface area contributed by atoms with Gasteiger partial charge in [-0.05, 0) is 62.1 Å². The Balaban J connectivity index is 1.50. The molecule has 2 aliphatic rings. The lowest BCUT2D eigenvalue weighted by molar-refractivity contribution is -0.00676. The van der Waals surface area contributed by atoms with Gasteiger partial charge in [0.05, 0.1) is 6.10 Å². The minimum absolute atomic E-state index is 0.0958. The van der Waals surface area contributed by atoms with Gasteiger partial charge in [-0.1, -0.05) is 18.6 Å². The van der Waals surface area contributed by atoms with E-state index in [-0.39, 0.29) is 12.0 Å². The summed E-state index contributed by atoms with van der Waals surface area (Å²) in [5, 5.41) is 0. The van der Waals surface area contributed by atoms with Crippen molar-refractivity contribution in [2.24, 2.45) is 5.92 Å². The van der Waals surface area contributed by atoms with Gasteiger partial charge in [-0.2, -0.15) is 0 Å². The summed E-state index contributed by atoms with van der Waals surface area (Å²) in [4.78, 5) is 22.0. The molecule has 1 saturated heterocycles. The van der Waals surface area contributed by atoms with Gasteiger partial charge in [-0.25, -0.2) is 0 Å². The maximum atomic E-state index is 13.2. The number of benzene rings is 1. The van der Waals surface area contributed by atoms with Crippen molar-refractivity contribution in [3.63, 3.8) is 0 Å². The predicted molar refractivity (Wildman–Crippen MR) is 125 cm³/mol. The third-order valence-electron chi connectivity index (χ3n) is 6.65. The molecule has 0 radical (unpaired) electrons. The first-order chi connectivity index (χ1) is 15.6. The zero-order chi connectivity index (χ0) is 22.3. The molecule has 0 unspecified atom stereocenters. The van der Waals surface area contributed by atoms with Gasteiger partial charge in [0.1, 0.15) is 12.4 Å². The van der Waals surface area contributed by atoms with Crippen molar-refractivity contribution in [3.05, 3.63) is 59.4 Å². The summed E-state index contributed by atoms with van der Waals surface area (Å²) in [5.41, 5.74) is 3.12. The Labute approximate surface area is 191 Å². The van der Waals surface area contributed by atoms with E-state index in [1.165, 1.54) is 11.1 Å². The minimum atomic E-state index is 0.0958. The van der Waals surface area contributed by atoms with Crippen LogP contribution in [0.3, 0.4) is 0 Å². The number of ether oxygens (including phenoxy) is 2. The van der Waals surface area contributed by atoms with E-state index in [0.717, 1.165) is 64.2 Å². The van der Waals surface area contributed by atoms with Crippen LogP contribution >= 0.6 is 0 Å². The molecule has 3 heterocycles. The second-order valence-corrected chi connectivity index (χ2v) is 9.09. The third kappa shape index (κ3) is 5.87. The number of nitrogens with zero attached hydrogens (tertiary/aromatic N) is 3. The van der Waals surface area contributed by atoms with Gasteiger partial charge < -0.3 is 14.4 Å². The first kappa shape index (κ1) is 22.7. The monoisotopic (exact) mass is 437 g/mol. The van der Waals surface area contributed by atoms with Crippen molar-refractivity contribution in [2.75, 3.05) is 39.9 Å². The molecule has 0 aliphatic carbocycles. The Kier molecular flexibility index (Phi) is 7.76. The van der Waals surface area contributed by atoms with E-state index in [9.17, 15) is 4.79 Å². The summed E-state index contributed by atoms with van der Waals surface area (Å²) in [6, 6.07) is 9.83. The average Bonchev–Trinajstić information content (AvgIpc) is 2.81. The number of aryl methyl sites for hydroxylation is 1. The van der Waals surface area contributed by atoms with Crippen molar-refractivity contribution in [1.29, 1.82) is 0 Å². The highest BCUT2D eigenvalue weighted by molar-refractivity contribution is 5.94. The van der Waals surface area contributed by atoms with Gasteiger partial charge in [-0.3, -0.25) is 14.7 Å². The Bertz CT molecular complexity index is 903. The van der Waals surface area contributed by atoms with Crippen molar-refractivity contribution in [3.8, 4) is 5.75 Å². The van der Waals surface area contributed by atoms with Crippen molar-refractivity contribution >= 4 is 5.91 Å². The van der Waals surface area contributed by atoms with Crippen molar-refractivity contribution < 1.29 is 14.3 Å². The number of aromatic nitrogens is 1. The van der Waals surface area contributed by atoms with E-state index in [1.807, 2.05) is 41.6 Å². The van der Waals surface area contributed by atoms with Crippen LogP contribution in [0, 0.1) is 12.8 Å². The van der Waals surface area contributed by atoms with E-state index in [2.05, 4.69) is 22.9 Å². The summed E-state index contributed by atoms with van der Waals surface area (Å²) in [5.74, 6) is 1.24. The van der Waals surface area contributed by atoms with Gasteiger partial charge >= 0.3 is 0 Å². The van der Waals surface area contributed by atoms with Crippen LogP contribution < -0.4 is 4.74 Å². The molecule has 2 aliphatic heterocycles. The number of carbonyl (C=O) groups is 1. The number of carbonyl (C=O) groups excluding carboxylic acids is 1. The molecule has 1 fully saturated rings. The average molecular weight is 438 g/mol. The number of methoxy groups -OCH3 is 1. The highest BCUT2D eigenvalue weighted by Gasteiger charge is 2.31. The van der Waals surface area contributed by atoms with Crippen molar-refractivity contribution in [1.82, 2.24) is 14.8 Å². The molecule has 0 saturated carbocycles. The van der Waals surface area contributed by atoms with E-state index in [0.29, 0.717) is 18.1 Å². The number of pyridine rings is 1. The molecule has 172 valence electrons. The molecule has 6 nitrogen and oxygen atoms in total. The normalized spacial score (nSPS) is 23.2. The number of fused-ring (bicyclic) bond motifs is 4. The molecular formula is C26H35N3O3. The maximum Gasteiger partial charge on any atom is 0.254 e. The second-order valence-electron chi connectivity index (χ2n) is 9.09. The molecule has 1 aromatic heterocycles. The maximum absolute atomic E-state index is 13.2. The fourth-order valence-electron chi connectivity index (χ4n) is 4.95. The largest absolute Gasteiger partial charge is 0.492 e. The molecule has 32 heavy (non-hydrogen) atoms. The van der Waals surface area contributed by atoms with Crippen LogP contribution in [-0.4, -0.2) is 66.7 Å². The summed E-state index contributed by atoms with van der Waals surface area (Å²) in [6.07, 6.45) is 8.31. The lowest BCUT2D eigenvalue weighted by Crippen LogP contribution is -2.46. The van der Waals surface area contributed by atoms with Gasteiger partial charge in [0.15, 0.2) is 0 Å². The molecule has 1 aromatic carbocycles. The summed E-state index contributed by atoms with van der Waals surface area (Å²) in [7, 11) is 1.80. The molecule has 0 N–H and O–H groups in total. The van der Waals surface area contributed by atoms with Crippen LogP contribution in [0.2, 0.25) is 0 Å². The SMILES string of the molecule is CO[C@@H]1CCN2C[C@@H]1CCCCN(Cc1cncc(C)c1)CCOc1cccc(c1)C2=O. The van der Waals surface area contributed by atoms with Crippen LogP contribution in [-0.2, 0) is 11.3 Å². The number of hydrogen-bond acceptors (Lipinski definition) is 5. The molecule has 4 rings (SSSR count). The quantitative estimate of drug-likeness (QED) is 0.728. The van der Waals surface area contributed by atoms with Gasteiger partial charge in [0.25, 0.3) is 5.91 Å². The smallest absolute Gasteiger partial charge is 0.254 e. The first-order valence-corrected chi connectivity index (χ1v) is 11.8. The Morgan fingerprint density at radius 2 is 2.03 bits per heavy atom. The van der Waals surface area contributed by atoms with E-state index in [1.54, 1.807) is 7.11 Å². The standard InChI is InChI=1S/C26H35N3O3/c1-20-14-21(17-27-16-20)18-28-10-4-3-6-23-19-29(11-9-25(23)31-2)26(30)22-7-5-8-24(15-22)32-13-12-28/h5,7-8,14-17,23,25H,3-4,6,9-13,18-19H2,1-2H3/t23-,25+/m0/s1. The molecule has 0 spiro atoms. The summed E-state index contributed by atoms with van der Waals surface area (Å²) in [6.45, 7) is 6.91. The molecule has 6 heteroatoms. The predicted octanol–water partition coefficient (Wildman–Crippen LogP) is 3.93. The minimum Gasteiger partial charge on any atom is -0.492 e. The number of rotatable bonds is 3. The van der Waals surface area contributed by atoms with Crippen molar-refractivity contribution in [2.45, 2.75) is 45.3 Å². The van der Waals surface area contributed by atoms with Crippen LogP contribution in [0.4, 0.5) is 0 Å². The lowest BCUT2D eigenvalue weighted by atomic mass is 9.89. The molecule has 4 bridgehead atoms. The molecule has 1 amide bonds. The molecular weight excluding hydrogens is 402 g/mol. The van der Waals surface area contributed by atoms with Crippen LogP contribution in [0.25, 0.3) is 0 Å². The van der Waals surface area contributed by atoms with Crippen LogP contribution in [0.15, 0.2) is 42.7 Å². The first-order valence-electron chi connectivity index (χ1n) is 11.8. The third-order valence-corrected chi connectivity index (χ3v) is 6.65. The highest BCUT2D eigenvalue weighted by Crippen LogP contribution is 2.27. The van der Waals surface area contributed by atoms with E-state index >= 15 is 0 Å². The Morgan fingerprint density at radius 1 is 1.12 bits per heavy atom. The van der Waals surface area contributed by atoms with Crippen LogP contribution in [0.5, 0.6) is 5.75 Å². The number of hydrogen-bond donors (Lipinski definition) is 0. The summed E-state index contributed by atoms with van der Waals surface area (Å²) >= 11 is 0. The van der Waals surface area contributed by atoms with Gasteiger partial charge in [0, 0.05) is 57.2 Å². The summed E-state index contributed by atoms with van der Waals surface area (Å²) < 4.78 is 11.8. The van der Waals surface area contributed by atoms with E-state index in [4.69, 9.17) is 9.47 Å². The molecule has 2 atom stereocenters. The fraction of sp³-hybridized carbons (Fsp3) is 0.538. The van der Waals surface area contributed by atoms with Gasteiger partial charge in [-0.15, -0.1) is 0 Å². The molecule has 2 aromatic rings. The fourth-order valence-corrected chi connectivity index (χ4v) is 4.95. The second kappa shape index (κ2) is 10.9. The Morgan fingerprint density at radius 3 is 2.88 bits per heavy atom. The zero-order valence-corrected chi connectivity index (χ0v) is 19.3. The van der Waals surface area contributed by atoms with Gasteiger partial charge in [0.2, 0.25) is 0 Å². The van der Waals surface area contributed by atoms with E-state index < -0.39 is 0 Å². The van der Waals surface area contributed by atoms with Crippen LogP contribution in [0.1, 0.15) is 47.2 Å². The zero-order valence-electron chi connectivity index (χ0n) is 19.3. The number of piperidine rings is 1. The topological polar surface area (TPSA) is 54.9 Å². The Hall–Kier alpha value is -2.44.